The number of aliphatic carboxylic acids is 1. The largest absolute Gasteiger partial charge is 0.478 e. The lowest BCUT2D eigenvalue weighted by atomic mass is 10.0. The maximum atomic E-state index is 11.0. The van der Waals surface area contributed by atoms with Gasteiger partial charge in [0.2, 0.25) is 0 Å². The highest BCUT2D eigenvalue weighted by Crippen LogP contribution is 2.22. The normalized spacial score (nSPS) is 10.6. The van der Waals surface area contributed by atoms with Gasteiger partial charge in [-0.25, -0.2) is 9.59 Å². The molecule has 0 aliphatic heterocycles. The number of carbonyl (C=O) groups is 2. The SMILES string of the molecule is O=C(O)/C=C/c1cccc(-c2cccc(C(=O)O)c2)c1. The van der Waals surface area contributed by atoms with Gasteiger partial charge in [0.05, 0.1) is 5.56 Å². The summed E-state index contributed by atoms with van der Waals surface area (Å²) in [5.41, 5.74) is 2.57. The third-order valence-electron chi connectivity index (χ3n) is 2.75. The summed E-state index contributed by atoms with van der Waals surface area (Å²) in [5.74, 6) is -1.99. The fourth-order valence-electron chi connectivity index (χ4n) is 1.82. The molecule has 0 heterocycles. The third-order valence-corrected chi connectivity index (χ3v) is 2.75. The number of hydrogen-bond donors (Lipinski definition) is 2. The second-order valence-corrected chi connectivity index (χ2v) is 4.18. The predicted octanol–water partition coefficient (Wildman–Crippen LogP) is 3.15. The van der Waals surface area contributed by atoms with E-state index in [1.807, 2.05) is 12.1 Å². The molecule has 4 heteroatoms. The van der Waals surface area contributed by atoms with E-state index in [4.69, 9.17) is 10.2 Å². The van der Waals surface area contributed by atoms with Crippen LogP contribution in [0.15, 0.2) is 54.6 Å². The highest BCUT2D eigenvalue weighted by atomic mass is 16.4. The van der Waals surface area contributed by atoms with Gasteiger partial charge in [0.1, 0.15) is 0 Å². The van der Waals surface area contributed by atoms with Crippen LogP contribution in [0.5, 0.6) is 0 Å². The van der Waals surface area contributed by atoms with E-state index in [0.29, 0.717) is 0 Å². The maximum Gasteiger partial charge on any atom is 0.335 e. The Balaban J connectivity index is 2.38. The summed E-state index contributed by atoms with van der Waals surface area (Å²) in [6.07, 6.45) is 2.56. The van der Waals surface area contributed by atoms with Crippen LogP contribution >= 0.6 is 0 Å². The smallest absolute Gasteiger partial charge is 0.335 e. The van der Waals surface area contributed by atoms with Crippen LogP contribution in [0.3, 0.4) is 0 Å². The van der Waals surface area contributed by atoms with Gasteiger partial charge >= 0.3 is 11.9 Å². The van der Waals surface area contributed by atoms with Crippen LogP contribution in [-0.4, -0.2) is 22.2 Å². The number of aromatic carboxylic acids is 1. The van der Waals surface area contributed by atoms with Crippen molar-refractivity contribution >= 4 is 18.0 Å². The molecule has 100 valence electrons. The van der Waals surface area contributed by atoms with Gasteiger partial charge in [-0.2, -0.15) is 0 Å². The Morgan fingerprint density at radius 1 is 0.900 bits per heavy atom. The average molecular weight is 268 g/mol. The Hall–Kier alpha value is -2.88. The van der Waals surface area contributed by atoms with Gasteiger partial charge < -0.3 is 10.2 Å². The average Bonchev–Trinajstić information content (AvgIpc) is 2.45. The molecule has 0 aliphatic rings. The Kier molecular flexibility index (Phi) is 3.96. The first-order valence-electron chi connectivity index (χ1n) is 5.91. The number of carboxylic acid groups (broad SMARTS) is 2. The van der Waals surface area contributed by atoms with Crippen LogP contribution in [0.1, 0.15) is 15.9 Å². The lowest BCUT2D eigenvalue weighted by Crippen LogP contribution is -1.95. The zero-order valence-corrected chi connectivity index (χ0v) is 10.5. The third kappa shape index (κ3) is 3.32. The maximum absolute atomic E-state index is 11.0. The topological polar surface area (TPSA) is 74.6 Å². The highest BCUT2D eigenvalue weighted by molar-refractivity contribution is 5.89. The molecule has 0 bridgehead atoms. The van der Waals surface area contributed by atoms with Crippen molar-refractivity contribution in [2.75, 3.05) is 0 Å². The minimum Gasteiger partial charge on any atom is -0.478 e. The van der Waals surface area contributed by atoms with Gasteiger partial charge in [-0.05, 0) is 41.0 Å². The van der Waals surface area contributed by atoms with Gasteiger partial charge in [-0.3, -0.25) is 0 Å². The van der Waals surface area contributed by atoms with Crippen molar-refractivity contribution < 1.29 is 19.8 Å². The summed E-state index contributed by atoms with van der Waals surface area (Å²) in [5, 5.41) is 17.6. The van der Waals surface area contributed by atoms with Crippen molar-refractivity contribution in [3.63, 3.8) is 0 Å². The molecule has 20 heavy (non-hydrogen) atoms. The first kappa shape index (κ1) is 13.5. The molecule has 0 radical (unpaired) electrons. The molecule has 0 spiro atoms. The highest BCUT2D eigenvalue weighted by Gasteiger charge is 2.04. The van der Waals surface area contributed by atoms with Crippen molar-refractivity contribution in [3.05, 3.63) is 65.7 Å². The van der Waals surface area contributed by atoms with Crippen molar-refractivity contribution in [1.82, 2.24) is 0 Å². The van der Waals surface area contributed by atoms with Crippen LogP contribution in [0.2, 0.25) is 0 Å². The van der Waals surface area contributed by atoms with Gasteiger partial charge in [0.25, 0.3) is 0 Å². The number of carboxylic acids is 2. The number of benzene rings is 2. The lowest BCUT2D eigenvalue weighted by Gasteiger charge is -2.04. The lowest BCUT2D eigenvalue weighted by molar-refractivity contribution is -0.131. The van der Waals surface area contributed by atoms with Crippen LogP contribution in [0.4, 0.5) is 0 Å². The fourth-order valence-corrected chi connectivity index (χ4v) is 1.82. The predicted molar refractivity (Wildman–Crippen MR) is 75.5 cm³/mol. The van der Waals surface area contributed by atoms with Crippen LogP contribution in [0.25, 0.3) is 17.2 Å². The van der Waals surface area contributed by atoms with E-state index >= 15 is 0 Å². The van der Waals surface area contributed by atoms with Crippen LogP contribution < -0.4 is 0 Å². The summed E-state index contributed by atoms with van der Waals surface area (Å²) >= 11 is 0. The summed E-state index contributed by atoms with van der Waals surface area (Å²) in [6, 6.07) is 13.8. The fraction of sp³-hybridized carbons (Fsp3) is 0. The minimum atomic E-state index is -1.01. The Morgan fingerprint density at radius 2 is 1.55 bits per heavy atom. The van der Waals surface area contributed by atoms with Gasteiger partial charge in [-0.1, -0.05) is 30.3 Å². The molecule has 2 rings (SSSR count). The van der Waals surface area contributed by atoms with E-state index in [-0.39, 0.29) is 5.56 Å². The molecule has 0 aliphatic carbocycles. The molecule has 0 saturated heterocycles. The molecule has 2 aromatic rings. The number of hydrogen-bond acceptors (Lipinski definition) is 2. The molecule has 0 saturated carbocycles. The molecule has 0 atom stereocenters. The van der Waals surface area contributed by atoms with E-state index in [2.05, 4.69) is 0 Å². The monoisotopic (exact) mass is 268 g/mol. The van der Waals surface area contributed by atoms with Crippen molar-refractivity contribution in [3.8, 4) is 11.1 Å². The van der Waals surface area contributed by atoms with Crippen molar-refractivity contribution in [2.45, 2.75) is 0 Å². The van der Waals surface area contributed by atoms with Crippen LogP contribution in [0, 0.1) is 0 Å². The standard InChI is InChI=1S/C16H12O4/c17-15(18)8-7-11-3-1-4-12(9-11)13-5-2-6-14(10-13)16(19)20/h1-10H,(H,17,18)(H,19,20)/b8-7+. The Morgan fingerprint density at radius 3 is 2.20 bits per heavy atom. The molecular formula is C16H12O4. The zero-order chi connectivity index (χ0) is 14.5. The quantitative estimate of drug-likeness (QED) is 0.835. The summed E-state index contributed by atoms with van der Waals surface area (Å²) in [6.45, 7) is 0. The minimum absolute atomic E-state index is 0.217. The second kappa shape index (κ2) is 5.84. The molecule has 0 amide bonds. The van der Waals surface area contributed by atoms with Crippen LogP contribution in [-0.2, 0) is 4.79 Å². The van der Waals surface area contributed by atoms with E-state index < -0.39 is 11.9 Å². The van der Waals surface area contributed by atoms with Gasteiger partial charge in [-0.15, -0.1) is 0 Å². The molecule has 0 aromatic heterocycles. The van der Waals surface area contributed by atoms with E-state index in [0.717, 1.165) is 22.8 Å². The van der Waals surface area contributed by atoms with Gasteiger partial charge in [0, 0.05) is 6.08 Å². The zero-order valence-electron chi connectivity index (χ0n) is 10.5. The summed E-state index contributed by atoms with van der Waals surface area (Å²) < 4.78 is 0. The molecule has 4 nitrogen and oxygen atoms in total. The first-order chi connectivity index (χ1) is 9.56. The van der Waals surface area contributed by atoms with E-state index in [1.165, 1.54) is 12.1 Å². The van der Waals surface area contributed by atoms with Crippen molar-refractivity contribution in [2.24, 2.45) is 0 Å². The summed E-state index contributed by atoms with van der Waals surface area (Å²) in [7, 11) is 0. The Bertz CT molecular complexity index is 686. The number of rotatable bonds is 4. The molecule has 0 unspecified atom stereocenters. The van der Waals surface area contributed by atoms with Gasteiger partial charge in [0.15, 0.2) is 0 Å². The van der Waals surface area contributed by atoms with E-state index in [1.54, 1.807) is 30.3 Å². The Labute approximate surface area is 115 Å². The molecule has 0 fully saturated rings. The summed E-state index contributed by atoms with van der Waals surface area (Å²) in [4.78, 5) is 21.4. The van der Waals surface area contributed by atoms with E-state index in [9.17, 15) is 9.59 Å². The second-order valence-electron chi connectivity index (χ2n) is 4.18. The molecule has 2 aromatic carbocycles. The van der Waals surface area contributed by atoms with Crippen molar-refractivity contribution in [1.29, 1.82) is 0 Å². The first-order valence-corrected chi connectivity index (χ1v) is 5.91. The molecule has 2 N–H and O–H groups in total. The molecular weight excluding hydrogens is 256 g/mol.